The Morgan fingerprint density at radius 2 is 2.20 bits per heavy atom. The van der Waals surface area contributed by atoms with Crippen LogP contribution >= 0.6 is 0 Å². The van der Waals surface area contributed by atoms with Crippen molar-refractivity contribution < 1.29 is 14.3 Å². The summed E-state index contributed by atoms with van der Waals surface area (Å²) >= 11 is 0. The topological polar surface area (TPSA) is 59.9 Å². The van der Waals surface area contributed by atoms with Crippen LogP contribution in [-0.4, -0.2) is 25.8 Å². The fourth-order valence-electron chi connectivity index (χ4n) is 2.23. The van der Waals surface area contributed by atoms with Crippen LogP contribution in [0.5, 0.6) is 11.5 Å². The van der Waals surface area contributed by atoms with Crippen LogP contribution in [0.1, 0.15) is 30.7 Å². The predicted octanol–water partition coefficient (Wildman–Crippen LogP) is 2.07. The molecule has 2 aliphatic rings. The molecular formula is C15H18N2O3. The lowest BCUT2D eigenvalue weighted by Crippen LogP contribution is -2.26. The molecule has 1 aliphatic heterocycles. The SMILES string of the molecule is COc1ccc(C2C=NNC(=O)C2)cc1OCC1CC1. The molecule has 0 aromatic heterocycles. The Bertz CT molecular complexity index is 538. The number of methoxy groups -OCH3 is 1. The Balaban J connectivity index is 1.80. The lowest BCUT2D eigenvalue weighted by molar-refractivity contribution is -0.121. The van der Waals surface area contributed by atoms with Crippen LogP contribution in [-0.2, 0) is 4.79 Å². The summed E-state index contributed by atoms with van der Waals surface area (Å²) in [5, 5.41) is 3.88. The minimum atomic E-state index is -0.0613. The molecule has 1 aliphatic carbocycles. The monoisotopic (exact) mass is 274 g/mol. The zero-order valence-corrected chi connectivity index (χ0v) is 11.5. The lowest BCUT2D eigenvalue weighted by atomic mass is 9.95. The van der Waals surface area contributed by atoms with Gasteiger partial charge in [-0.05, 0) is 36.5 Å². The fraction of sp³-hybridized carbons (Fsp3) is 0.467. The fourth-order valence-corrected chi connectivity index (χ4v) is 2.23. The van der Waals surface area contributed by atoms with E-state index >= 15 is 0 Å². The summed E-state index contributed by atoms with van der Waals surface area (Å²) in [5.74, 6) is 2.10. The number of carbonyl (C=O) groups is 1. The highest BCUT2D eigenvalue weighted by molar-refractivity contribution is 5.86. The molecule has 3 rings (SSSR count). The molecule has 20 heavy (non-hydrogen) atoms. The smallest absolute Gasteiger partial charge is 0.241 e. The van der Waals surface area contributed by atoms with Crippen LogP contribution in [0, 0.1) is 5.92 Å². The summed E-state index contributed by atoms with van der Waals surface area (Å²) < 4.78 is 11.2. The normalized spacial score (nSPS) is 21.4. The molecule has 1 heterocycles. The highest BCUT2D eigenvalue weighted by atomic mass is 16.5. The first kappa shape index (κ1) is 13.0. The van der Waals surface area contributed by atoms with Gasteiger partial charge in [0.2, 0.25) is 5.91 Å². The second-order valence-corrected chi connectivity index (χ2v) is 5.29. The summed E-state index contributed by atoms with van der Waals surface area (Å²) in [6, 6.07) is 5.80. The number of benzene rings is 1. The van der Waals surface area contributed by atoms with Crippen LogP contribution in [0.25, 0.3) is 0 Å². The molecular weight excluding hydrogens is 256 g/mol. The van der Waals surface area contributed by atoms with Gasteiger partial charge in [0.25, 0.3) is 0 Å². The van der Waals surface area contributed by atoms with Crippen molar-refractivity contribution in [3.63, 3.8) is 0 Å². The summed E-state index contributed by atoms with van der Waals surface area (Å²) in [6.45, 7) is 0.735. The van der Waals surface area contributed by atoms with E-state index in [0.717, 1.165) is 23.7 Å². The van der Waals surface area contributed by atoms with Crippen molar-refractivity contribution in [2.75, 3.05) is 13.7 Å². The number of amides is 1. The molecule has 0 saturated heterocycles. The number of hydrazone groups is 1. The second-order valence-electron chi connectivity index (χ2n) is 5.29. The number of nitrogens with zero attached hydrogens (tertiary/aromatic N) is 1. The number of ether oxygens (including phenoxy) is 2. The minimum Gasteiger partial charge on any atom is -0.493 e. The van der Waals surface area contributed by atoms with Crippen LogP contribution < -0.4 is 14.9 Å². The van der Waals surface area contributed by atoms with Gasteiger partial charge in [-0.1, -0.05) is 6.07 Å². The molecule has 5 nitrogen and oxygen atoms in total. The first-order valence-corrected chi connectivity index (χ1v) is 6.89. The van der Waals surface area contributed by atoms with E-state index in [1.807, 2.05) is 18.2 Å². The van der Waals surface area contributed by atoms with Crippen LogP contribution in [0.2, 0.25) is 0 Å². The Hall–Kier alpha value is -2.04. The number of carbonyl (C=O) groups excluding carboxylic acids is 1. The summed E-state index contributed by atoms with van der Waals surface area (Å²) in [6.07, 6.45) is 4.67. The van der Waals surface area contributed by atoms with Crippen LogP contribution in [0.3, 0.4) is 0 Å². The summed E-state index contributed by atoms with van der Waals surface area (Å²) in [5.41, 5.74) is 3.47. The largest absolute Gasteiger partial charge is 0.493 e. The van der Waals surface area contributed by atoms with E-state index in [9.17, 15) is 4.79 Å². The van der Waals surface area contributed by atoms with Crippen LogP contribution in [0.4, 0.5) is 0 Å². The zero-order chi connectivity index (χ0) is 13.9. The molecule has 0 spiro atoms. The molecule has 1 unspecified atom stereocenters. The van der Waals surface area contributed by atoms with Crippen LogP contribution in [0.15, 0.2) is 23.3 Å². The van der Waals surface area contributed by atoms with Gasteiger partial charge in [0, 0.05) is 18.6 Å². The molecule has 1 saturated carbocycles. The average Bonchev–Trinajstić information content (AvgIpc) is 3.29. The van der Waals surface area contributed by atoms with Gasteiger partial charge in [-0.3, -0.25) is 4.79 Å². The molecule has 1 aromatic carbocycles. The third-order valence-electron chi connectivity index (χ3n) is 3.64. The van der Waals surface area contributed by atoms with Gasteiger partial charge in [-0.15, -0.1) is 0 Å². The Kier molecular flexibility index (Phi) is 3.58. The summed E-state index contributed by atoms with van der Waals surface area (Å²) in [4.78, 5) is 11.4. The first-order chi connectivity index (χ1) is 9.76. The molecule has 1 amide bonds. The van der Waals surface area contributed by atoms with Gasteiger partial charge in [0.15, 0.2) is 11.5 Å². The average molecular weight is 274 g/mol. The van der Waals surface area contributed by atoms with Gasteiger partial charge < -0.3 is 9.47 Å². The standard InChI is InChI=1S/C15H18N2O3/c1-19-13-5-4-11(12-7-15(18)17-16-8-12)6-14(13)20-9-10-2-3-10/h4-6,8,10,12H,2-3,7,9H2,1H3,(H,17,18). The second kappa shape index (κ2) is 5.53. The Labute approximate surface area is 118 Å². The van der Waals surface area contributed by atoms with Gasteiger partial charge in [0.1, 0.15) is 0 Å². The number of hydrogen-bond donors (Lipinski definition) is 1. The van der Waals surface area contributed by atoms with Gasteiger partial charge in [-0.25, -0.2) is 5.43 Å². The molecule has 1 N–H and O–H groups in total. The lowest BCUT2D eigenvalue weighted by Gasteiger charge is -2.18. The number of rotatable bonds is 5. The van der Waals surface area contributed by atoms with Crippen molar-refractivity contribution in [1.82, 2.24) is 5.43 Å². The van der Waals surface area contributed by atoms with E-state index in [1.165, 1.54) is 12.8 Å². The zero-order valence-electron chi connectivity index (χ0n) is 11.5. The van der Waals surface area contributed by atoms with Crippen molar-refractivity contribution in [1.29, 1.82) is 0 Å². The van der Waals surface area contributed by atoms with Crippen molar-refractivity contribution in [3.8, 4) is 11.5 Å². The van der Waals surface area contributed by atoms with E-state index in [0.29, 0.717) is 12.3 Å². The molecule has 1 atom stereocenters. The molecule has 0 bridgehead atoms. The van der Waals surface area contributed by atoms with E-state index in [2.05, 4.69) is 10.5 Å². The predicted molar refractivity (Wildman–Crippen MR) is 75.2 cm³/mol. The summed E-state index contributed by atoms with van der Waals surface area (Å²) in [7, 11) is 1.63. The van der Waals surface area contributed by atoms with Crippen molar-refractivity contribution in [2.24, 2.45) is 11.0 Å². The Morgan fingerprint density at radius 1 is 1.35 bits per heavy atom. The van der Waals surface area contributed by atoms with Gasteiger partial charge in [-0.2, -0.15) is 5.10 Å². The van der Waals surface area contributed by atoms with E-state index < -0.39 is 0 Å². The maximum atomic E-state index is 11.4. The third-order valence-corrected chi connectivity index (χ3v) is 3.64. The maximum absolute atomic E-state index is 11.4. The maximum Gasteiger partial charge on any atom is 0.241 e. The highest BCUT2D eigenvalue weighted by Gasteiger charge is 2.23. The quantitative estimate of drug-likeness (QED) is 0.894. The van der Waals surface area contributed by atoms with Crippen molar-refractivity contribution in [3.05, 3.63) is 23.8 Å². The number of hydrogen-bond acceptors (Lipinski definition) is 4. The van der Waals surface area contributed by atoms with E-state index in [1.54, 1.807) is 13.3 Å². The van der Waals surface area contributed by atoms with Crippen molar-refractivity contribution >= 4 is 12.1 Å². The molecule has 5 heteroatoms. The third kappa shape index (κ3) is 2.92. The first-order valence-electron chi connectivity index (χ1n) is 6.89. The van der Waals surface area contributed by atoms with Gasteiger partial charge in [0.05, 0.1) is 13.7 Å². The highest BCUT2D eigenvalue weighted by Crippen LogP contribution is 2.35. The van der Waals surface area contributed by atoms with E-state index in [4.69, 9.17) is 9.47 Å². The molecule has 1 aromatic rings. The van der Waals surface area contributed by atoms with E-state index in [-0.39, 0.29) is 11.8 Å². The van der Waals surface area contributed by atoms with Crippen molar-refractivity contribution in [2.45, 2.75) is 25.2 Å². The Morgan fingerprint density at radius 3 is 2.90 bits per heavy atom. The van der Waals surface area contributed by atoms with Gasteiger partial charge >= 0.3 is 0 Å². The minimum absolute atomic E-state index is 0.00192. The number of nitrogens with one attached hydrogen (secondary N) is 1. The molecule has 1 fully saturated rings. The molecule has 0 radical (unpaired) electrons. The molecule has 106 valence electrons.